The fraction of sp³-hybridized carbons (Fsp3) is 0.294. The van der Waals surface area contributed by atoms with Crippen molar-refractivity contribution in [2.75, 3.05) is 6.54 Å². The van der Waals surface area contributed by atoms with Crippen molar-refractivity contribution in [2.45, 2.75) is 25.7 Å². The number of hydrogen-bond acceptors (Lipinski definition) is 1. The van der Waals surface area contributed by atoms with Crippen LogP contribution in [0.3, 0.4) is 0 Å². The standard InChI is InChI=1S/C17H21N/c1-2-14-7-6-8-15(11-14)12-17(13-18)16-9-4-3-5-10-16/h3-11,17H,2,12-13,18H2,1H3. The Morgan fingerprint density at radius 1 is 0.944 bits per heavy atom. The van der Waals surface area contributed by atoms with Gasteiger partial charge in [-0.3, -0.25) is 0 Å². The Morgan fingerprint density at radius 2 is 1.67 bits per heavy atom. The molecule has 1 nitrogen and oxygen atoms in total. The van der Waals surface area contributed by atoms with Gasteiger partial charge in [0.15, 0.2) is 0 Å². The maximum Gasteiger partial charge on any atom is 0.000157 e. The van der Waals surface area contributed by atoms with E-state index in [1.54, 1.807) is 0 Å². The minimum Gasteiger partial charge on any atom is -0.330 e. The average Bonchev–Trinajstić information content (AvgIpc) is 2.46. The number of nitrogens with two attached hydrogens (primary N) is 1. The Bertz CT molecular complexity index is 476. The van der Waals surface area contributed by atoms with Crippen molar-refractivity contribution >= 4 is 0 Å². The van der Waals surface area contributed by atoms with Gasteiger partial charge in [0.25, 0.3) is 0 Å². The van der Waals surface area contributed by atoms with Gasteiger partial charge in [0.2, 0.25) is 0 Å². The van der Waals surface area contributed by atoms with Crippen LogP contribution in [0.15, 0.2) is 54.6 Å². The van der Waals surface area contributed by atoms with Gasteiger partial charge in [0.05, 0.1) is 0 Å². The van der Waals surface area contributed by atoms with Crippen molar-refractivity contribution in [3.63, 3.8) is 0 Å². The molecule has 2 rings (SSSR count). The number of aryl methyl sites for hydroxylation is 1. The lowest BCUT2D eigenvalue weighted by atomic mass is 9.91. The summed E-state index contributed by atoms with van der Waals surface area (Å²) in [6.07, 6.45) is 2.11. The second kappa shape index (κ2) is 6.36. The quantitative estimate of drug-likeness (QED) is 0.848. The monoisotopic (exact) mass is 239 g/mol. The molecule has 1 heteroatoms. The van der Waals surface area contributed by atoms with E-state index in [1.807, 2.05) is 0 Å². The van der Waals surface area contributed by atoms with Crippen LogP contribution >= 0.6 is 0 Å². The molecule has 2 N–H and O–H groups in total. The Kier molecular flexibility index (Phi) is 4.54. The lowest BCUT2D eigenvalue weighted by molar-refractivity contribution is 0.694. The molecule has 0 saturated heterocycles. The summed E-state index contributed by atoms with van der Waals surface area (Å²) < 4.78 is 0. The molecule has 0 amide bonds. The molecule has 2 aromatic carbocycles. The molecule has 0 radical (unpaired) electrons. The van der Waals surface area contributed by atoms with Crippen molar-refractivity contribution in [3.8, 4) is 0 Å². The predicted octanol–water partition coefficient (Wildman–Crippen LogP) is 3.53. The maximum absolute atomic E-state index is 5.92. The highest BCUT2D eigenvalue weighted by molar-refractivity contribution is 5.27. The molecule has 0 spiro atoms. The lowest BCUT2D eigenvalue weighted by Crippen LogP contribution is -2.15. The average molecular weight is 239 g/mol. The first-order valence-electron chi connectivity index (χ1n) is 6.66. The second-order valence-corrected chi connectivity index (χ2v) is 4.72. The summed E-state index contributed by atoms with van der Waals surface area (Å²) in [5, 5.41) is 0. The van der Waals surface area contributed by atoms with Gasteiger partial charge in [-0.05, 0) is 36.1 Å². The van der Waals surface area contributed by atoms with Gasteiger partial charge < -0.3 is 5.73 Å². The summed E-state index contributed by atoms with van der Waals surface area (Å²) in [5.74, 6) is 0.415. The van der Waals surface area contributed by atoms with Crippen LogP contribution in [0, 0.1) is 0 Å². The summed E-state index contributed by atoms with van der Waals surface area (Å²) in [6.45, 7) is 2.89. The van der Waals surface area contributed by atoms with Gasteiger partial charge in [-0.15, -0.1) is 0 Å². The van der Waals surface area contributed by atoms with E-state index >= 15 is 0 Å². The Hall–Kier alpha value is -1.60. The van der Waals surface area contributed by atoms with E-state index < -0.39 is 0 Å². The van der Waals surface area contributed by atoms with E-state index in [9.17, 15) is 0 Å². The van der Waals surface area contributed by atoms with Crippen molar-refractivity contribution < 1.29 is 0 Å². The molecular formula is C17H21N. The Balaban J connectivity index is 2.15. The van der Waals surface area contributed by atoms with Crippen molar-refractivity contribution in [2.24, 2.45) is 5.73 Å². The third-order valence-corrected chi connectivity index (χ3v) is 3.44. The minimum atomic E-state index is 0.415. The van der Waals surface area contributed by atoms with Crippen molar-refractivity contribution in [3.05, 3.63) is 71.3 Å². The third-order valence-electron chi connectivity index (χ3n) is 3.44. The first-order valence-corrected chi connectivity index (χ1v) is 6.66. The highest BCUT2D eigenvalue weighted by atomic mass is 14.5. The molecule has 0 aliphatic rings. The third kappa shape index (κ3) is 3.21. The number of benzene rings is 2. The molecule has 18 heavy (non-hydrogen) atoms. The lowest BCUT2D eigenvalue weighted by Gasteiger charge is -2.15. The first-order chi connectivity index (χ1) is 8.83. The number of rotatable bonds is 5. The maximum atomic E-state index is 5.92. The molecule has 0 aromatic heterocycles. The van der Waals surface area contributed by atoms with Gasteiger partial charge in [0.1, 0.15) is 0 Å². The molecule has 0 bridgehead atoms. The van der Waals surface area contributed by atoms with Gasteiger partial charge >= 0.3 is 0 Å². The zero-order chi connectivity index (χ0) is 12.8. The van der Waals surface area contributed by atoms with Crippen LogP contribution in [-0.4, -0.2) is 6.54 Å². The van der Waals surface area contributed by atoms with Crippen molar-refractivity contribution in [1.29, 1.82) is 0 Å². The minimum absolute atomic E-state index is 0.415. The normalized spacial score (nSPS) is 12.3. The largest absolute Gasteiger partial charge is 0.330 e. The van der Waals surface area contributed by atoms with E-state index in [0.717, 1.165) is 12.8 Å². The number of hydrogen-bond donors (Lipinski definition) is 1. The predicted molar refractivity (Wildman–Crippen MR) is 77.8 cm³/mol. The first kappa shape index (κ1) is 12.8. The summed E-state index contributed by atoms with van der Waals surface area (Å²) in [7, 11) is 0. The molecular weight excluding hydrogens is 218 g/mol. The molecule has 0 aliphatic carbocycles. The van der Waals surface area contributed by atoms with Crippen LogP contribution in [0.4, 0.5) is 0 Å². The molecule has 2 aromatic rings. The molecule has 1 atom stereocenters. The van der Waals surface area contributed by atoms with Crippen LogP contribution in [0.2, 0.25) is 0 Å². The Morgan fingerprint density at radius 3 is 2.33 bits per heavy atom. The van der Waals surface area contributed by atoms with E-state index in [2.05, 4.69) is 61.5 Å². The van der Waals surface area contributed by atoms with Crippen LogP contribution in [0.25, 0.3) is 0 Å². The highest BCUT2D eigenvalue weighted by Gasteiger charge is 2.10. The Labute approximate surface area is 110 Å². The van der Waals surface area contributed by atoms with Crippen LogP contribution in [0.5, 0.6) is 0 Å². The summed E-state index contributed by atoms with van der Waals surface area (Å²) in [4.78, 5) is 0. The summed E-state index contributed by atoms with van der Waals surface area (Å²) in [5.41, 5.74) is 10.0. The van der Waals surface area contributed by atoms with Gasteiger partial charge in [0, 0.05) is 5.92 Å². The molecule has 94 valence electrons. The van der Waals surface area contributed by atoms with Crippen LogP contribution in [0.1, 0.15) is 29.5 Å². The molecule has 0 aliphatic heterocycles. The van der Waals surface area contributed by atoms with Crippen molar-refractivity contribution in [1.82, 2.24) is 0 Å². The summed E-state index contributed by atoms with van der Waals surface area (Å²) in [6, 6.07) is 19.4. The SMILES string of the molecule is CCc1cccc(CC(CN)c2ccccc2)c1. The molecule has 0 fully saturated rings. The molecule has 1 unspecified atom stereocenters. The topological polar surface area (TPSA) is 26.0 Å². The van der Waals surface area contributed by atoms with Crippen LogP contribution < -0.4 is 5.73 Å². The highest BCUT2D eigenvalue weighted by Crippen LogP contribution is 2.20. The molecule has 0 saturated carbocycles. The fourth-order valence-corrected chi connectivity index (χ4v) is 2.32. The zero-order valence-corrected chi connectivity index (χ0v) is 11.0. The summed E-state index contributed by atoms with van der Waals surface area (Å²) >= 11 is 0. The van der Waals surface area contributed by atoms with Gasteiger partial charge in [-0.1, -0.05) is 61.5 Å². The van der Waals surface area contributed by atoms with Gasteiger partial charge in [-0.2, -0.15) is 0 Å². The second-order valence-electron chi connectivity index (χ2n) is 4.72. The zero-order valence-electron chi connectivity index (χ0n) is 11.0. The van der Waals surface area contributed by atoms with E-state index in [-0.39, 0.29) is 0 Å². The van der Waals surface area contributed by atoms with E-state index in [0.29, 0.717) is 12.5 Å². The van der Waals surface area contributed by atoms with E-state index in [4.69, 9.17) is 5.73 Å². The van der Waals surface area contributed by atoms with Gasteiger partial charge in [-0.25, -0.2) is 0 Å². The van der Waals surface area contributed by atoms with Crippen LogP contribution in [-0.2, 0) is 12.8 Å². The fourth-order valence-electron chi connectivity index (χ4n) is 2.32. The smallest absolute Gasteiger partial charge is 0.000157 e. The van der Waals surface area contributed by atoms with E-state index in [1.165, 1.54) is 16.7 Å². The molecule has 0 heterocycles.